The van der Waals surface area contributed by atoms with Crippen molar-refractivity contribution in [1.29, 1.82) is 0 Å². The third-order valence-electron chi connectivity index (χ3n) is 4.04. The lowest BCUT2D eigenvalue weighted by Gasteiger charge is -2.30. The summed E-state index contributed by atoms with van der Waals surface area (Å²) in [5.74, 6) is 0.604. The van der Waals surface area contributed by atoms with Crippen LogP contribution in [-0.2, 0) is 0 Å². The predicted octanol–water partition coefficient (Wildman–Crippen LogP) is 1.51. The van der Waals surface area contributed by atoms with Crippen LogP contribution in [0.1, 0.15) is 43.0 Å². The number of carbonyl (C=O) groups excluding carboxylic acids is 1. The van der Waals surface area contributed by atoms with E-state index in [4.69, 9.17) is 10.8 Å². The molecule has 0 aromatic heterocycles. The van der Waals surface area contributed by atoms with Crippen molar-refractivity contribution in [2.24, 2.45) is 10.7 Å². The monoisotopic (exact) mass is 318 g/mol. The van der Waals surface area contributed by atoms with Crippen molar-refractivity contribution < 1.29 is 9.90 Å². The van der Waals surface area contributed by atoms with Crippen molar-refractivity contribution in [1.82, 2.24) is 5.32 Å². The van der Waals surface area contributed by atoms with Gasteiger partial charge in [0.25, 0.3) is 0 Å². The number of Topliss-reactive ketones (excluding diaryl/α,β-unsaturated/α-hetero) is 1. The van der Waals surface area contributed by atoms with Gasteiger partial charge in [-0.05, 0) is 31.9 Å². The molecule has 0 heterocycles. The number of hydrogen-bond acceptors (Lipinski definition) is 4. The Morgan fingerprint density at radius 2 is 2.17 bits per heavy atom. The number of benzene rings is 1. The van der Waals surface area contributed by atoms with Crippen molar-refractivity contribution in [2.45, 2.75) is 44.7 Å². The second-order valence-electron chi connectivity index (χ2n) is 5.92. The van der Waals surface area contributed by atoms with Gasteiger partial charge in [-0.2, -0.15) is 0 Å². The molecule has 0 unspecified atom stereocenters. The molecule has 1 aliphatic rings. The van der Waals surface area contributed by atoms with Gasteiger partial charge in [0.05, 0.1) is 13.2 Å². The molecule has 0 amide bonds. The fourth-order valence-electron chi connectivity index (χ4n) is 2.75. The maximum absolute atomic E-state index is 11.5. The lowest BCUT2D eigenvalue weighted by atomic mass is 9.91. The molecule has 1 fully saturated rings. The minimum atomic E-state index is -0.0168. The molecule has 0 bridgehead atoms. The zero-order valence-electron chi connectivity index (χ0n) is 13.6. The quantitative estimate of drug-likeness (QED) is 0.375. The number of hydrogen-bond donors (Lipinski definition) is 4. The first kappa shape index (κ1) is 17.4. The van der Waals surface area contributed by atoms with E-state index >= 15 is 0 Å². The summed E-state index contributed by atoms with van der Waals surface area (Å²) in [4.78, 5) is 15.8. The summed E-state index contributed by atoms with van der Waals surface area (Å²) in [5, 5.41) is 15.6. The number of rotatable bonds is 5. The summed E-state index contributed by atoms with van der Waals surface area (Å²) in [6.45, 7) is 1.83. The lowest BCUT2D eigenvalue weighted by molar-refractivity contribution is 0.101. The first-order valence-corrected chi connectivity index (χ1v) is 8.15. The van der Waals surface area contributed by atoms with Crippen LogP contribution < -0.4 is 16.4 Å². The van der Waals surface area contributed by atoms with Crippen molar-refractivity contribution in [3.05, 3.63) is 29.8 Å². The third-order valence-corrected chi connectivity index (χ3v) is 4.04. The fraction of sp³-hybridized carbons (Fsp3) is 0.529. The maximum atomic E-state index is 11.5. The molecular weight excluding hydrogens is 292 g/mol. The van der Waals surface area contributed by atoms with E-state index in [-0.39, 0.29) is 24.5 Å². The van der Waals surface area contributed by atoms with Gasteiger partial charge in [-0.15, -0.1) is 0 Å². The zero-order chi connectivity index (χ0) is 16.7. The molecule has 1 aromatic carbocycles. The third kappa shape index (κ3) is 5.33. The largest absolute Gasteiger partial charge is 0.394 e. The maximum Gasteiger partial charge on any atom is 0.196 e. The summed E-state index contributed by atoms with van der Waals surface area (Å²) in [6, 6.07) is 7.55. The molecule has 2 rings (SSSR count). The molecular formula is C17H26N4O2. The number of anilines is 1. The highest BCUT2D eigenvalue weighted by atomic mass is 16.3. The predicted molar refractivity (Wildman–Crippen MR) is 92.8 cm³/mol. The SMILES string of the molecule is CC(=O)c1cccc(NC(=NCCO)N[C@H]2CCCC[C@@H]2N)c1. The standard InChI is InChI=1S/C17H26N4O2/c1-12(23)13-5-4-6-14(11-13)20-17(19-9-10-22)21-16-8-3-2-7-15(16)18/h4-6,11,15-16,22H,2-3,7-10,18H2,1H3,(H2,19,20,21)/t15-,16-/m0/s1. The van der Waals surface area contributed by atoms with Gasteiger partial charge in [-0.1, -0.05) is 25.0 Å². The molecule has 0 spiro atoms. The number of aliphatic hydroxyl groups excluding tert-OH is 1. The van der Waals surface area contributed by atoms with Crippen LogP contribution in [0, 0.1) is 0 Å². The number of aliphatic imine (C=N–C) groups is 1. The molecule has 23 heavy (non-hydrogen) atoms. The van der Waals surface area contributed by atoms with Gasteiger partial charge in [-0.3, -0.25) is 9.79 Å². The van der Waals surface area contributed by atoms with Gasteiger partial charge in [-0.25, -0.2) is 0 Å². The van der Waals surface area contributed by atoms with E-state index in [0.717, 1.165) is 31.4 Å². The first-order chi connectivity index (χ1) is 11.1. The average molecular weight is 318 g/mol. The average Bonchev–Trinajstić information content (AvgIpc) is 2.55. The Labute approximate surface area is 137 Å². The fourth-order valence-corrected chi connectivity index (χ4v) is 2.75. The molecule has 5 N–H and O–H groups in total. The highest BCUT2D eigenvalue weighted by Gasteiger charge is 2.22. The second-order valence-corrected chi connectivity index (χ2v) is 5.92. The molecule has 1 aliphatic carbocycles. The van der Waals surface area contributed by atoms with E-state index < -0.39 is 0 Å². The van der Waals surface area contributed by atoms with E-state index in [1.165, 1.54) is 0 Å². The van der Waals surface area contributed by atoms with Crippen LogP contribution >= 0.6 is 0 Å². The molecule has 1 saturated carbocycles. The minimum Gasteiger partial charge on any atom is -0.394 e. The van der Waals surface area contributed by atoms with Gasteiger partial charge in [0.2, 0.25) is 0 Å². The summed E-state index contributed by atoms with van der Waals surface area (Å²) in [6.07, 6.45) is 4.33. The van der Waals surface area contributed by atoms with Gasteiger partial charge < -0.3 is 21.5 Å². The van der Waals surface area contributed by atoms with Crippen LogP contribution in [0.25, 0.3) is 0 Å². The first-order valence-electron chi connectivity index (χ1n) is 8.15. The van der Waals surface area contributed by atoms with Crippen LogP contribution in [0.5, 0.6) is 0 Å². The van der Waals surface area contributed by atoms with Gasteiger partial charge in [0.1, 0.15) is 0 Å². The molecule has 0 radical (unpaired) electrons. The lowest BCUT2D eigenvalue weighted by Crippen LogP contribution is -2.51. The number of carbonyl (C=O) groups is 1. The summed E-state index contributed by atoms with van der Waals surface area (Å²) < 4.78 is 0. The van der Waals surface area contributed by atoms with Crippen molar-refractivity contribution >= 4 is 17.4 Å². The van der Waals surface area contributed by atoms with Crippen molar-refractivity contribution in [2.75, 3.05) is 18.5 Å². The van der Waals surface area contributed by atoms with Crippen LogP contribution in [-0.4, -0.2) is 42.1 Å². The van der Waals surface area contributed by atoms with Crippen LogP contribution in [0.2, 0.25) is 0 Å². The van der Waals surface area contributed by atoms with Crippen LogP contribution in [0.3, 0.4) is 0 Å². The van der Waals surface area contributed by atoms with E-state index in [1.807, 2.05) is 12.1 Å². The number of aliphatic hydroxyl groups is 1. The molecule has 0 aliphatic heterocycles. The Kier molecular flexibility index (Phi) is 6.55. The Hall–Kier alpha value is -1.92. The zero-order valence-corrected chi connectivity index (χ0v) is 13.6. The molecule has 6 heteroatoms. The second kappa shape index (κ2) is 8.64. The number of nitrogens with zero attached hydrogens (tertiary/aromatic N) is 1. The van der Waals surface area contributed by atoms with E-state index in [2.05, 4.69) is 15.6 Å². The molecule has 0 saturated heterocycles. The van der Waals surface area contributed by atoms with E-state index in [0.29, 0.717) is 18.1 Å². The molecule has 1 aromatic rings. The number of nitrogens with one attached hydrogen (secondary N) is 2. The molecule has 126 valence electrons. The Balaban J connectivity index is 2.09. The number of ketones is 1. The summed E-state index contributed by atoms with van der Waals surface area (Å²) in [7, 11) is 0. The Morgan fingerprint density at radius 1 is 1.39 bits per heavy atom. The summed E-state index contributed by atoms with van der Waals surface area (Å²) in [5.41, 5.74) is 7.60. The Bertz CT molecular complexity index is 559. The van der Waals surface area contributed by atoms with Crippen molar-refractivity contribution in [3.8, 4) is 0 Å². The van der Waals surface area contributed by atoms with Gasteiger partial charge >= 0.3 is 0 Å². The molecule has 6 nitrogen and oxygen atoms in total. The normalized spacial score (nSPS) is 21.8. The van der Waals surface area contributed by atoms with Crippen molar-refractivity contribution in [3.63, 3.8) is 0 Å². The van der Waals surface area contributed by atoms with Crippen LogP contribution in [0.4, 0.5) is 5.69 Å². The Morgan fingerprint density at radius 3 is 2.87 bits per heavy atom. The van der Waals surface area contributed by atoms with Crippen LogP contribution in [0.15, 0.2) is 29.3 Å². The van der Waals surface area contributed by atoms with E-state index in [1.54, 1.807) is 19.1 Å². The molecule has 2 atom stereocenters. The number of guanidine groups is 1. The van der Waals surface area contributed by atoms with E-state index in [9.17, 15) is 4.79 Å². The summed E-state index contributed by atoms with van der Waals surface area (Å²) >= 11 is 0. The topological polar surface area (TPSA) is 99.7 Å². The van der Waals surface area contributed by atoms with Gasteiger partial charge in [0.15, 0.2) is 11.7 Å². The number of nitrogens with two attached hydrogens (primary N) is 1. The van der Waals surface area contributed by atoms with Gasteiger partial charge in [0, 0.05) is 23.3 Å². The highest BCUT2D eigenvalue weighted by molar-refractivity contribution is 5.98. The smallest absolute Gasteiger partial charge is 0.196 e. The minimum absolute atomic E-state index is 0.0168. The highest BCUT2D eigenvalue weighted by Crippen LogP contribution is 2.17.